The van der Waals surface area contributed by atoms with E-state index in [1.54, 1.807) is 0 Å². The summed E-state index contributed by atoms with van der Waals surface area (Å²) >= 11 is 0. The van der Waals surface area contributed by atoms with Crippen molar-refractivity contribution < 1.29 is 13.2 Å². The number of sulfonamides is 1. The number of fused-ring (bicyclic) bond motifs is 1. The lowest BCUT2D eigenvalue weighted by Crippen LogP contribution is -2.52. The Bertz CT molecular complexity index is 985. The van der Waals surface area contributed by atoms with Gasteiger partial charge >= 0.3 is 0 Å². The molecule has 1 aliphatic carbocycles. The van der Waals surface area contributed by atoms with Gasteiger partial charge in [0.2, 0.25) is 10.0 Å². The predicted molar refractivity (Wildman–Crippen MR) is 118 cm³/mol. The number of nitrogens with one attached hydrogen (secondary N) is 1. The maximum atomic E-state index is 12.3. The minimum Gasteiger partial charge on any atom is -0.492 e. The molecule has 160 valence electrons. The molecule has 6 heteroatoms. The highest BCUT2D eigenvalue weighted by Crippen LogP contribution is 2.40. The Balaban J connectivity index is 1.38. The summed E-state index contributed by atoms with van der Waals surface area (Å²) in [5.41, 5.74) is 3.54. The Morgan fingerprint density at radius 3 is 2.53 bits per heavy atom. The highest BCUT2D eigenvalue weighted by molar-refractivity contribution is 7.89. The first-order chi connectivity index (χ1) is 14.6. The molecule has 5 nitrogen and oxygen atoms in total. The van der Waals surface area contributed by atoms with Crippen LogP contribution in [0.4, 0.5) is 0 Å². The molecule has 0 spiro atoms. The summed E-state index contributed by atoms with van der Waals surface area (Å²) in [5.74, 6) is 1.90. The maximum Gasteiger partial charge on any atom is 0.212 e. The van der Waals surface area contributed by atoms with Crippen molar-refractivity contribution in [1.29, 1.82) is 0 Å². The number of hydrogen-bond donors (Lipinski definition) is 1. The van der Waals surface area contributed by atoms with E-state index in [0.29, 0.717) is 24.4 Å². The van der Waals surface area contributed by atoms with Gasteiger partial charge in [-0.15, -0.1) is 0 Å². The summed E-state index contributed by atoms with van der Waals surface area (Å²) < 4.78 is 33.5. The molecule has 0 aromatic heterocycles. The molecule has 30 heavy (non-hydrogen) atoms. The second kappa shape index (κ2) is 8.33. The van der Waals surface area contributed by atoms with Crippen LogP contribution in [0.15, 0.2) is 48.5 Å². The minimum absolute atomic E-state index is 0.259. The SMILES string of the molecule is O=S(=O)(CC1CC1)NCc1ccc2c(c1)C(Cc1ccccc1)C(N1CCC1)CO2. The topological polar surface area (TPSA) is 58.6 Å². The van der Waals surface area contributed by atoms with E-state index in [-0.39, 0.29) is 5.75 Å². The van der Waals surface area contributed by atoms with Crippen molar-refractivity contribution in [3.8, 4) is 5.75 Å². The summed E-state index contributed by atoms with van der Waals surface area (Å²) in [5, 5.41) is 0. The standard InChI is InChI=1S/C24H30N2O3S/c27-30(28,17-19-7-8-19)25-15-20-9-10-24-22(14-20)21(13-18-5-2-1-3-6-18)23(16-29-24)26-11-4-12-26/h1-3,5-6,9-10,14,19,21,23,25H,4,7-8,11-13,15-17H2. The molecule has 1 saturated heterocycles. The number of benzene rings is 2. The van der Waals surface area contributed by atoms with Crippen molar-refractivity contribution in [2.75, 3.05) is 25.4 Å². The van der Waals surface area contributed by atoms with Crippen LogP contribution in [0.1, 0.15) is 41.9 Å². The summed E-state index contributed by atoms with van der Waals surface area (Å²) in [7, 11) is -3.21. The summed E-state index contributed by atoms with van der Waals surface area (Å²) in [4.78, 5) is 2.53. The number of hydrogen-bond acceptors (Lipinski definition) is 4. The third-order valence-corrected chi connectivity index (χ3v) is 8.15. The molecule has 2 aromatic carbocycles. The van der Waals surface area contributed by atoms with E-state index < -0.39 is 10.0 Å². The third-order valence-electron chi connectivity index (χ3n) is 6.65. The fourth-order valence-electron chi connectivity index (χ4n) is 4.62. The average molecular weight is 427 g/mol. The fraction of sp³-hybridized carbons (Fsp3) is 0.500. The number of ether oxygens (including phenoxy) is 1. The molecule has 2 heterocycles. The molecule has 2 aromatic rings. The Hall–Kier alpha value is -1.89. The third kappa shape index (κ3) is 4.56. The van der Waals surface area contributed by atoms with E-state index >= 15 is 0 Å². The number of likely N-dealkylation sites (tertiary alicyclic amines) is 1. The van der Waals surface area contributed by atoms with Gasteiger partial charge in [-0.1, -0.05) is 42.5 Å². The molecule has 1 saturated carbocycles. The zero-order chi connectivity index (χ0) is 20.6. The van der Waals surface area contributed by atoms with Crippen LogP contribution < -0.4 is 9.46 Å². The Morgan fingerprint density at radius 2 is 1.83 bits per heavy atom. The predicted octanol–water partition coefficient (Wildman–Crippen LogP) is 3.31. The van der Waals surface area contributed by atoms with Crippen LogP contribution in [0.2, 0.25) is 0 Å². The molecule has 0 radical (unpaired) electrons. The first-order valence-electron chi connectivity index (χ1n) is 11.1. The number of nitrogens with zero attached hydrogens (tertiary/aromatic N) is 1. The first kappa shape index (κ1) is 20.0. The zero-order valence-electron chi connectivity index (χ0n) is 17.3. The van der Waals surface area contributed by atoms with Gasteiger partial charge in [0.1, 0.15) is 12.4 Å². The monoisotopic (exact) mass is 426 g/mol. The second-order valence-electron chi connectivity index (χ2n) is 8.98. The van der Waals surface area contributed by atoms with Crippen molar-refractivity contribution in [1.82, 2.24) is 9.62 Å². The summed E-state index contributed by atoms with van der Waals surface area (Å²) in [6.45, 7) is 3.33. The first-order valence-corrected chi connectivity index (χ1v) is 12.7. The highest BCUT2D eigenvalue weighted by atomic mass is 32.2. The summed E-state index contributed by atoms with van der Waals surface area (Å²) in [6.07, 6.45) is 4.30. The lowest BCUT2D eigenvalue weighted by atomic mass is 9.81. The van der Waals surface area contributed by atoms with Crippen molar-refractivity contribution >= 4 is 10.0 Å². The largest absolute Gasteiger partial charge is 0.492 e. The maximum absolute atomic E-state index is 12.3. The molecule has 1 N–H and O–H groups in total. The van der Waals surface area contributed by atoms with Crippen LogP contribution in [-0.2, 0) is 23.0 Å². The van der Waals surface area contributed by atoms with E-state index in [4.69, 9.17) is 4.74 Å². The zero-order valence-corrected chi connectivity index (χ0v) is 18.1. The van der Waals surface area contributed by atoms with E-state index in [0.717, 1.165) is 50.3 Å². The van der Waals surface area contributed by atoms with Crippen LogP contribution in [0.25, 0.3) is 0 Å². The van der Waals surface area contributed by atoms with Gasteiger partial charge in [0.25, 0.3) is 0 Å². The smallest absolute Gasteiger partial charge is 0.212 e. The normalized spacial score (nSPS) is 24.0. The average Bonchev–Trinajstić information content (AvgIpc) is 3.51. The number of rotatable bonds is 8. The van der Waals surface area contributed by atoms with E-state index in [1.807, 2.05) is 12.1 Å². The fourth-order valence-corrected chi connectivity index (χ4v) is 6.08. The second-order valence-corrected chi connectivity index (χ2v) is 10.8. The van der Waals surface area contributed by atoms with Crippen LogP contribution >= 0.6 is 0 Å². The molecular formula is C24H30N2O3S. The van der Waals surface area contributed by atoms with Crippen molar-refractivity contribution in [2.45, 2.75) is 44.2 Å². The van der Waals surface area contributed by atoms with Crippen molar-refractivity contribution in [3.05, 3.63) is 65.2 Å². The van der Waals surface area contributed by atoms with E-state index in [1.165, 1.54) is 17.5 Å². The minimum atomic E-state index is -3.21. The molecule has 2 atom stereocenters. The molecule has 0 amide bonds. The van der Waals surface area contributed by atoms with Gasteiger partial charge in [0, 0.05) is 12.5 Å². The molecule has 3 aliphatic rings. The lowest BCUT2D eigenvalue weighted by Gasteiger charge is -2.45. The molecule has 2 aliphatic heterocycles. The summed E-state index contributed by atoms with van der Waals surface area (Å²) in [6, 6.07) is 17.2. The van der Waals surface area contributed by atoms with E-state index in [2.05, 4.69) is 46.0 Å². The van der Waals surface area contributed by atoms with Gasteiger partial charge in [-0.3, -0.25) is 4.90 Å². The van der Waals surface area contributed by atoms with Gasteiger partial charge in [-0.2, -0.15) is 0 Å². The van der Waals surface area contributed by atoms with Crippen LogP contribution in [0.3, 0.4) is 0 Å². The Kier molecular flexibility index (Phi) is 5.56. The van der Waals surface area contributed by atoms with Crippen molar-refractivity contribution in [2.24, 2.45) is 5.92 Å². The Morgan fingerprint density at radius 1 is 1.03 bits per heavy atom. The van der Waals surface area contributed by atoms with Gasteiger partial charge < -0.3 is 4.74 Å². The molecule has 2 unspecified atom stereocenters. The van der Waals surface area contributed by atoms with Crippen LogP contribution in [0.5, 0.6) is 5.75 Å². The molecule has 5 rings (SSSR count). The molecular weight excluding hydrogens is 396 g/mol. The van der Waals surface area contributed by atoms with Gasteiger partial charge in [0.05, 0.1) is 11.8 Å². The van der Waals surface area contributed by atoms with Crippen LogP contribution in [-0.4, -0.2) is 44.8 Å². The van der Waals surface area contributed by atoms with Crippen LogP contribution in [0, 0.1) is 5.92 Å². The Labute approximate surface area is 179 Å². The van der Waals surface area contributed by atoms with Crippen molar-refractivity contribution in [3.63, 3.8) is 0 Å². The molecule has 2 fully saturated rings. The highest BCUT2D eigenvalue weighted by Gasteiger charge is 2.37. The lowest BCUT2D eigenvalue weighted by molar-refractivity contribution is 0.0501. The van der Waals surface area contributed by atoms with Gasteiger partial charge in [-0.25, -0.2) is 13.1 Å². The van der Waals surface area contributed by atoms with Gasteiger partial charge in [0.15, 0.2) is 0 Å². The van der Waals surface area contributed by atoms with Gasteiger partial charge in [-0.05, 0) is 67.4 Å². The molecule has 0 bridgehead atoms. The quantitative estimate of drug-likeness (QED) is 0.704. The van der Waals surface area contributed by atoms with E-state index in [9.17, 15) is 8.42 Å².